The molecule has 1 amide bonds. The zero-order chi connectivity index (χ0) is 23.9. The monoisotopic (exact) mass is 464 g/mol. The molecule has 1 N–H and O–H groups in total. The highest BCUT2D eigenvalue weighted by molar-refractivity contribution is 5.97. The van der Waals surface area contributed by atoms with E-state index in [9.17, 15) is 4.79 Å². The van der Waals surface area contributed by atoms with Crippen molar-refractivity contribution in [2.24, 2.45) is 5.41 Å². The highest BCUT2D eigenvalue weighted by atomic mass is 16.2. The van der Waals surface area contributed by atoms with Crippen LogP contribution in [-0.4, -0.2) is 82.5 Å². The summed E-state index contributed by atoms with van der Waals surface area (Å²) < 4.78 is 2.08. The van der Waals surface area contributed by atoms with Crippen molar-refractivity contribution in [3.8, 4) is 0 Å². The lowest BCUT2D eigenvalue weighted by molar-refractivity contribution is 0.0804. The second kappa shape index (κ2) is 8.87. The van der Waals surface area contributed by atoms with Crippen molar-refractivity contribution in [2.45, 2.75) is 32.7 Å². The number of nitrogens with zero attached hydrogens (tertiary/aromatic N) is 7. The maximum absolute atomic E-state index is 12.9. The third kappa shape index (κ3) is 4.44. The Labute approximate surface area is 202 Å². The molecular formula is C25H36N8O. The van der Waals surface area contributed by atoms with Crippen LogP contribution in [0.15, 0.2) is 30.6 Å². The average molecular weight is 465 g/mol. The predicted molar refractivity (Wildman–Crippen MR) is 137 cm³/mol. The van der Waals surface area contributed by atoms with Crippen LogP contribution in [0.4, 0.5) is 17.5 Å². The van der Waals surface area contributed by atoms with Crippen LogP contribution in [0, 0.1) is 5.41 Å². The fourth-order valence-corrected chi connectivity index (χ4v) is 4.81. The molecule has 0 spiro atoms. The summed E-state index contributed by atoms with van der Waals surface area (Å²) in [4.78, 5) is 33.1. The number of fused-ring (bicyclic) bond motifs is 1. The van der Waals surface area contributed by atoms with E-state index >= 15 is 0 Å². The third-order valence-corrected chi connectivity index (χ3v) is 7.22. The third-order valence-electron chi connectivity index (χ3n) is 7.22. The fraction of sp³-hybridized carbons (Fsp3) is 0.520. The Bertz CT molecular complexity index is 1180. The van der Waals surface area contributed by atoms with Crippen molar-refractivity contribution >= 4 is 34.4 Å². The van der Waals surface area contributed by atoms with Gasteiger partial charge in [0.25, 0.3) is 5.91 Å². The highest BCUT2D eigenvalue weighted by Gasteiger charge is 2.34. The van der Waals surface area contributed by atoms with Crippen molar-refractivity contribution in [2.75, 3.05) is 57.5 Å². The molecule has 0 bridgehead atoms. The first-order valence-electron chi connectivity index (χ1n) is 12.1. The molecule has 4 heterocycles. The first-order chi connectivity index (χ1) is 16.3. The van der Waals surface area contributed by atoms with E-state index in [2.05, 4.69) is 49.7 Å². The smallest absolute Gasteiger partial charge is 0.270 e. The Balaban J connectivity index is 0.00000289. The van der Waals surface area contributed by atoms with E-state index in [-0.39, 0.29) is 12.7 Å². The number of carbonyl (C=O) groups is 1. The molecule has 182 valence electrons. The van der Waals surface area contributed by atoms with E-state index in [4.69, 9.17) is 4.98 Å². The molecule has 2 aliphatic rings. The summed E-state index contributed by atoms with van der Waals surface area (Å²) in [7, 11) is 5.72. The molecule has 9 nitrogen and oxygen atoms in total. The standard InChI is InChI=1S/C25H34N8O.H2/c1-25(8-5-9-25)17-33-20(23(34)30(2)3)14-18-15-27-24(29-22(18)33)28-21-7-6-19(16-26-21)32-12-10-31(4)11-13-32;/h6-7,14-16H,5,8-13,17H2,1-4H3,(H,26,27,28,29);1H. The molecule has 3 aromatic rings. The van der Waals surface area contributed by atoms with Crippen molar-refractivity contribution in [1.82, 2.24) is 29.3 Å². The quantitative estimate of drug-likeness (QED) is 0.598. The molecule has 1 saturated heterocycles. The number of nitrogens with one attached hydrogen (secondary N) is 1. The van der Waals surface area contributed by atoms with Gasteiger partial charge in [-0.3, -0.25) is 4.79 Å². The van der Waals surface area contributed by atoms with Gasteiger partial charge < -0.3 is 24.6 Å². The van der Waals surface area contributed by atoms with Crippen LogP contribution in [0.3, 0.4) is 0 Å². The maximum atomic E-state index is 12.9. The number of anilines is 3. The Hall–Kier alpha value is -3.20. The summed E-state index contributed by atoms with van der Waals surface area (Å²) in [6, 6.07) is 5.97. The van der Waals surface area contributed by atoms with Crippen LogP contribution in [0.2, 0.25) is 0 Å². The summed E-state index contributed by atoms with van der Waals surface area (Å²) >= 11 is 0. The van der Waals surface area contributed by atoms with Gasteiger partial charge in [-0.1, -0.05) is 13.3 Å². The summed E-state index contributed by atoms with van der Waals surface area (Å²) in [5, 5.41) is 4.12. The molecule has 2 fully saturated rings. The van der Waals surface area contributed by atoms with Gasteiger partial charge in [0, 0.05) is 59.8 Å². The number of hydrogen-bond acceptors (Lipinski definition) is 7. The first-order valence-corrected chi connectivity index (χ1v) is 12.1. The van der Waals surface area contributed by atoms with Crippen LogP contribution in [0.5, 0.6) is 0 Å². The molecule has 0 aromatic carbocycles. The van der Waals surface area contributed by atoms with E-state index < -0.39 is 0 Å². The molecule has 3 aromatic heterocycles. The van der Waals surface area contributed by atoms with Crippen molar-refractivity contribution < 1.29 is 6.22 Å². The first kappa shape index (κ1) is 22.6. The normalized spacial score (nSPS) is 18.1. The minimum absolute atomic E-state index is 0. The van der Waals surface area contributed by atoms with Gasteiger partial charge in [-0.05, 0) is 43.5 Å². The number of hydrogen-bond donors (Lipinski definition) is 1. The summed E-state index contributed by atoms with van der Waals surface area (Å²) in [5.74, 6) is 1.16. The fourth-order valence-electron chi connectivity index (χ4n) is 4.81. The van der Waals surface area contributed by atoms with Gasteiger partial charge in [0.05, 0.1) is 11.9 Å². The van der Waals surface area contributed by atoms with E-state index in [1.54, 1.807) is 25.2 Å². The van der Waals surface area contributed by atoms with Gasteiger partial charge in [-0.15, -0.1) is 0 Å². The molecule has 34 heavy (non-hydrogen) atoms. The van der Waals surface area contributed by atoms with Gasteiger partial charge in [-0.25, -0.2) is 9.97 Å². The number of piperazine rings is 1. The van der Waals surface area contributed by atoms with Crippen LogP contribution >= 0.6 is 0 Å². The zero-order valence-electron chi connectivity index (χ0n) is 20.6. The number of carbonyl (C=O) groups excluding carboxylic acids is 1. The van der Waals surface area contributed by atoms with Gasteiger partial charge in [0.15, 0.2) is 0 Å². The largest absolute Gasteiger partial charge is 0.368 e. The zero-order valence-corrected chi connectivity index (χ0v) is 20.6. The number of amides is 1. The minimum atomic E-state index is -0.0170. The average Bonchev–Trinajstić information content (AvgIpc) is 3.16. The number of aromatic nitrogens is 4. The van der Waals surface area contributed by atoms with Crippen molar-refractivity contribution in [1.29, 1.82) is 0 Å². The second-order valence-corrected chi connectivity index (χ2v) is 10.3. The molecule has 9 heteroatoms. The summed E-state index contributed by atoms with van der Waals surface area (Å²) in [6.45, 7) is 7.21. The Morgan fingerprint density at radius 1 is 1.15 bits per heavy atom. The Morgan fingerprint density at radius 2 is 1.91 bits per heavy atom. The molecule has 1 aliphatic heterocycles. The van der Waals surface area contributed by atoms with Crippen LogP contribution in [0.25, 0.3) is 11.0 Å². The van der Waals surface area contributed by atoms with Crippen molar-refractivity contribution in [3.63, 3.8) is 0 Å². The SMILES string of the molecule is CN1CCN(c2ccc(Nc3ncc4cc(C(=O)N(C)C)n(CC5(C)CCC5)c4n3)nc2)CC1.[HH]. The Kier molecular flexibility index (Phi) is 5.89. The topological polar surface area (TPSA) is 82.4 Å². The van der Waals surface area contributed by atoms with Crippen molar-refractivity contribution in [3.05, 3.63) is 36.3 Å². The summed E-state index contributed by atoms with van der Waals surface area (Å²) in [5.41, 5.74) is 2.77. The molecule has 1 saturated carbocycles. The van der Waals surface area contributed by atoms with Gasteiger partial charge in [0.1, 0.15) is 17.2 Å². The van der Waals surface area contributed by atoms with E-state index in [1.807, 2.05) is 18.3 Å². The minimum Gasteiger partial charge on any atom is -0.368 e. The molecule has 0 radical (unpaired) electrons. The summed E-state index contributed by atoms with van der Waals surface area (Å²) in [6.07, 6.45) is 7.27. The van der Waals surface area contributed by atoms with Gasteiger partial charge in [0.2, 0.25) is 5.95 Å². The highest BCUT2D eigenvalue weighted by Crippen LogP contribution is 2.42. The second-order valence-electron chi connectivity index (χ2n) is 10.3. The molecule has 0 atom stereocenters. The van der Waals surface area contributed by atoms with Gasteiger partial charge in [-0.2, -0.15) is 4.98 Å². The molecule has 1 aliphatic carbocycles. The Morgan fingerprint density at radius 3 is 2.53 bits per heavy atom. The molecule has 0 unspecified atom stereocenters. The number of rotatable bonds is 6. The number of pyridine rings is 1. The molecular weight excluding hydrogens is 428 g/mol. The maximum Gasteiger partial charge on any atom is 0.270 e. The van der Waals surface area contributed by atoms with Crippen LogP contribution < -0.4 is 10.2 Å². The van der Waals surface area contributed by atoms with E-state index in [0.29, 0.717) is 17.5 Å². The van der Waals surface area contributed by atoms with E-state index in [0.717, 1.165) is 49.4 Å². The predicted octanol–water partition coefficient (Wildman–Crippen LogP) is 3.46. The van der Waals surface area contributed by atoms with Gasteiger partial charge >= 0.3 is 0 Å². The number of likely N-dealkylation sites (N-methyl/N-ethyl adjacent to an activating group) is 1. The lowest BCUT2D eigenvalue weighted by Gasteiger charge is -2.39. The van der Waals surface area contributed by atoms with Crippen LogP contribution in [-0.2, 0) is 6.54 Å². The van der Waals surface area contributed by atoms with Crippen LogP contribution in [0.1, 0.15) is 38.1 Å². The molecule has 5 rings (SSSR count). The lowest BCUT2D eigenvalue weighted by atomic mass is 9.70. The lowest BCUT2D eigenvalue weighted by Crippen LogP contribution is -2.44. The van der Waals surface area contributed by atoms with E-state index in [1.165, 1.54) is 19.3 Å².